The van der Waals surface area contributed by atoms with Crippen molar-refractivity contribution >= 4 is 35.0 Å². The number of imide groups is 1. The summed E-state index contributed by atoms with van der Waals surface area (Å²) in [5.74, 6) is 1.00. The topological polar surface area (TPSA) is 103 Å². The average molecular weight is 448 g/mol. The molecular formula is C21H29N5O2S2. The minimum absolute atomic E-state index is 0.300. The van der Waals surface area contributed by atoms with Crippen molar-refractivity contribution in [2.75, 3.05) is 0 Å². The molecule has 1 aliphatic carbocycles. The van der Waals surface area contributed by atoms with Crippen LogP contribution < -0.4 is 11.1 Å². The molecule has 162 valence electrons. The monoisotopic (exact) mass is 447 g/mol. The number of nitrogens with one attached hydrogen (secondary N) is 1. The molecule has 1 aliphatic rings. The first-order valence-electron chi connectivity index (χ1n) is 10.0. The van der Waals surface area contributed by atoms with Crippen molar-refractivity contribution in [1.29, 1.82) is 0 Å². The first-order chi connectivity index (χ1) is 14.1. The van der Waals surface area contributed by atoms with Crippen LogP contribution in [0, 0.1) is 11.3 Å². The lowest BCUT2D eigenvalue weighted by Gasteiger charge is -2.33. The van der Waals surface area contributed by atoms with Crippen LogP contribution in [0.25, 0.3) is 10.7 Å². The van der Waals surface area contributed by atoms with Crippen LogP contribution in [0.5, 0.6) is 0 Å². The van der Waals surface area contributed by atoms with Gasteiger partial charge in [-0.05, 0) is 49.1 Å². The van der Waals surface area contributed by atoms with Gasteiger partial charge in [0.1, 0.15) is 0 Å². The standard InChI is InChI=1S/C21H29N5O2S2/c1-6-9-26-17(24-25-20(26)29-12(2)18(27)23-19(22)28)16-11-13-10-14(21(3,4)5)7-8-15(13)30-16/h6,11-12,14H,1,7-10H2,2-5H3,(H3,22,23,27,28)/t12-,14-/m1/s1. The van der Waals surface area contributed by atoms with Crippen molar-refractivity contribution in [2.24, 2.45) is 17.1 Å². The van der Waals surface area contributed by atoms with Gasteiger partial charge >= 0.3 is 6.03 Å². The number of thiophene rings is 1. The van der Waals surface area contributed by atoms with E-state index in [4.69, 9.17) is 5.73 Å². The van der Waals surface area contributed by atoms with Crippen LogP contribution in [0.1, 0.15) is 44.6 Å². The van der Waals surface area contributed by atoms with Crippen LogP contribution in [-0.4, -0.2) is 32.0 Å². The summed E-state index contributed by atoms with van der Waals surface area (Å²) in [7, 11) is 0. The average Bonchev–Trinajstić information content (AvgIpc) is 3.24. The normalized spacial score (nSPS) is 17.3. The van der Waals surface area contributed by atoms with Crippen molar-refractivity contribution < 1.29 is 9.59 Å². The lowest BCUT2D eigenvalue weighted by molar-refractivity contribution is -0.119. The molecule has 0 unspecified atom stereocenters. The van der Waals surface area contributed by atoms with Crippen molar-refractivity contribution in [3.63, 3.8) is 0 Å². The summed E-state index contributed by atoms with van der Waals surface area (Å²) in [5.41, 5.74) is 6.76. The summed E-state index contributed by atoms with van der Waals surface area (Å²) in [4.78, 5) is 25.5. The summed E-state index contributed by atoms with van der Waals surface area (Å²) in [5, 5.41) is 10.9. The predicted molar refractivity (Wildman–Crippen MR) is 122 cm³/mol. The Balaban J connectivity index is 1.86. The molecule has 0 spiro atoms. The van der Waals surface area contributed by atoms with Crippen molar-refractivity contribution in [3.05, 3.63) is 29.2 Å². The van der Waals surface area contributed by atoms with Crippen LogP contribution >= 0.6 is 23.1 Å². The van der Waals surface area contributed by atoms with Gasteiger partial charge in [0.15, 0.2) is 11.0 Å². The number of primary amides is 1. The maximum atomic E-state index is 12.0. The van der Waals surface area contributed by atoms with Gasteiger partial charge < -0.3 is 5.73 Å². The summed E-state index contributed by atoms with van der Waals surface area (Å²) in [6.07, 6.45) is 5.19. The SMILES string of the molecule is C=CCn1c(S[C@H](C)C(=O)NC(N)=O)nnc1-c1cc2c(s1)CC[C@@H](C(C)(C)C)C2. The van der Waals surface area contributed by atoms with Gasteiger partial charge in [0.25, 0.3) is 0 Å². The third kappa shape index (κ3) is 4.95. The molecule has 0 aliphatic heterocycles. The number of nitrogens with two attached hydrogens (primary N) is 1. The number of nitrogens with zero attached hydrogens (tertiary/aromatic N) is 3. The highest BCUT2D eigenvalue weighted by atomic mass is 32.2. The van der Waals surface area contributed by atoms with E-state index in [2.05, 4.69) is 48.9 Å². The summed E-state index contributed by atoms with van der Waals surface area (Å²) in [6, 6.07) is 1.39. The summed E-state index contributed by atoms with van der Waals surface area (Å²) < 4.78 is 1.96. The second-order valence-electron chi connectivity index (χ2n) is 8.68. The smallest absolute Gasteiger partial charge is 0.318 e. The molecule has 0 aromatic carbocycles. The van der Waals surface area contributed by atoms with E-state index in [9.17, 15) is 9.59 Å². The van der Waals surface area contributed by atoms with Gasteiger partial charge in [0.2, 0.25) is 5.91 Å². The molecule has 9 heteroatoms. The first kappa shape index (κ1) is 22.6. The minimum Gasteiger partial charge on any atom is -0.351 e. The largest absolute Gasteiger partial charge is 0.351 e. The fourth-order valence-corrected chi connectivity index (χ4v) is 5.72. The predicted octanol–water partition coefficient (Wildman–Crippen LogP) is 4.02. The van der Waals surface area contributed by atoms with E-state index < -0.39 is 17.2 Å². The Kier molecular flexibility index (Phi) is 6.71. The molecule has 30 heavy (non-hydrogen) atoms. The molecule has 3 rings (SSSR count). The summed E-state index contributed by atoms with van der Waals surface area (Å²) in [6.45, 7) is 13.0. The van der Waals surface area contributed by atoms with Crippen molar-refractivity contribution in [1.82, 2.24) is 20.1 Å². The minimum atomic E-state index is -0.863. The number of aromatic nitrogens is 3. The number of allylic oxidation sites excluding steroid dienone is 1. The number of hydrogen-bond acceptors (Lipinski definition) is 6. The van der Waals surface area contributed by atoms with E-state index in [-0.39, 0.29) is 0 Å². The molecule has 2 aromatic rings. The van der Waals surface area contributed by atoms with Crippen LogP contribution in [0.4, 0.5) is 4.79 Å². The Bertz CT molecular complexity index is 957. The number of rotatable bonds is 6. The molecule has 3 N–H and O–H groups in total. The van der Waals surface area contributed by atoms with Crippen molar-refractivity contribution in [2.45, 2.75) is 63.9 Å². The number of amides is 3. The second kappa shape index (κ2) is 8.93. The Morgan fingerprint density at radius 3 is 2.83 bits per heavy atom. The highest BCUT2D eigenvalue weighted by Gasteiger charge is 2.30. The molecule has 0 bridgehead atoms. The quantitative estimate of drug-likeness (QED) is 0.514. The van der Waals surface area contributed by atoms with Gasteiger partial charge in [0.05, 0.1) is 10.1 Å². The second-order valence-corrected chi connectivity index (χ2v) is 11.1. The van der Waals surface area contributed by atoms with Gasteiger partial charge in [0, 0.05) is 11.4 Å². The third-order valence-corrected chi connectivity index (χ3v) is 7.77. The van der Waals surface area contributed by atoms with Gasteiger partial charge in [-0.2, -0.15) is 0 Å². The Morgan fingerprint density at radius 2 is 2.20 bits per heavy atom. The molecule has 7 nitrogen and oxygen atoms in total. The molecule has 2 atom stereocenters. The Morgan fingerprint density at radius 1 is 1.47 bits per heavy atom. The van der Waals surface area contributed by atoms with Crippen LogP contribution in [0.2, 0.25) is 0 Å². The van der Waals surface area contributed by atoms with E-state index in [0.29, 0.717) is 23.0 Å². The molecule has 0 radical (unpaired) electrons. The molecule has 0 fully saturated rings. The van der Waals surface area contributed by atoms with E-state index in [0.717, 1.165) is 23.5 Å². The number of carbonyl (C=O) groups is 2. The number of aryl methyl sites for hydroxylation is 1. The lowest BCUT2D eigenvalue weighted by Crippen LogP contribution is -2.39. The van der Waals surface area contributed by atoms with Gasteiger partial charge in [-0.3, -0.25) is 14.7 Å². The zero-order valence-electron chi connectivity index (χ0n) is 17.9. The Labute approximate surface area is 185 Å². The molecule has 0 saturated heterocycles. The highest BCUT2D eigenvalue weighted by molar-refractivity contribution is 8.00. The third-order valence-electron chi connectivity index (χ3n) is 5.45. The fraction of sp³-hybridized carbons (Fsp3) is 0.524. The fourth-order valence-electron chi connectivity index (χ4n) is 3.66. The number of fused-ring (bicyclic) bond motifs is 1. The van der Waals surface area contributed by atoms with Crippen LogP contribution in [0.3, 0.4) is 0 Å². The number of carbonyl (C=O) groups excluding carboxylic acids is 2. The van der Waals surface area contributed by atoms with E-state index in [1.54, 1.807) is 24.3 Å². The van der Waals surface area contributed by atoms with Gasteiger partial charge in [-0.25, -0.2) is 4.79 Å². The molecular weight excluding hydrogens is 418 g/mol. The molecule has 0 saturated carbocycles. The maximum absolute atomic E-state index is 12.0. The number of hydrogen-bond donors (Lipinski definition) is 2. The zero-order chi connectivity index (χ0) is 22.1. The van der Waals surface area contributed by atoms with E-state index in [1.165, 1.54) is 28.6 Å². The molecule has 2 aromatic heterocycles. The maximum Gasteiger partial charge on any atom is 0.318 e. The lowest BCUT2D eigenvalue weighted by atomic mass is 9.72. The van der Waals surface area contributed by atoms with Gasteiger partial charge in [-0.1, -0.05) is 38.6 Å². The van der Waals surface area contributed by atoms with Crippen LogP contribution in [0.15, 0.2) is 23.9 Å². The van der Waals surface area contributed by atoms with Crippen molar-refractivity contribution in [3.8, 4) is 10.7 Å². The number of urea groups is 1. The van der Waals surface area contributed by atoms with Crippen LogP contribution in [-0.2, 0) is 24.2 Å². The highest BCUT2D eigenvalue weighted by Crippen LogP contribution is 2.42. The summed E-state index contributed by atoms with van der Waals surface area (Å²) >= 11 is 3.02. The van der Waals surface area contributed by atoms with Gasteiger partial charge in [-0.15, -0.1) is 28.1 Å². The molecule has 3 amide bonds. The van der Waals surface area contributed by atoms with E-state index >= 15 is 0 Å². The molecule has 2 heterocycles. The Hall–Kier alpha value is -2.13. The van der Waals surface area contributed by atoms with E-state index in [1.807, 2.05) is 4.57 Å². The number of thioether (sulfide) groups is 1. The zero-order valence-corrected chi connectivity index (χ0v) is 19.5. The first-order valence-corrected chi connectivity index (χ1v) is 11.7.